The number of nitrogens with zero attached hydrogens (tertiary/aromatic N) is 7. The molecule has 0 bridgehead atoms. The van der Waals surface area contributed by atoms with Gasteiger partial charge in [-0.3, -0.25) is 0 Å². The standard InChI is InChI=1S/C25H26N8O2S/c1-17(2)35-21-7-4-6-19(28-21)29-24-27-11-9-20(30-24)32-13-5-14-33-22(32)16-18(31-33)8-10-25(3,34)23-26-12-15-36-23/h4,6-7,9,11-12,15-17,34H,5,13-14H2,1-3H3,(H,27,28,29,30). The van der Waals surface area contributed by atoms with Gasteiger partial charge in [-0.05, 0) is 45.2 Å². The Kier molecular flexibility index (Phi) is 6.54. The molecule has 10 nitrogen and oxygen atoms in total. The molecule has 184 valence electrons. The highest BCUT2D eigenvalue weighted by atomic mass is 32.1. The second-order valence-electron chi connectivity index (χ2n) is 8.67. The molecule has 5 heterocycles. The van der Waals surface area contributed by atoms with Crippen molar-refractivity contribution in [2.24, 2.45) is 0 Å². The van der Waals surface area contributed by atoms with Crippen molar-refractivity contribution in [2.75, 3.05) is 16.8 Å². The molecule has 0 fully saturated rings. The second-order valence-corrected chi connectivity index (χ2v) is 9.56. The average Bonchev–Trinajstić information content (AvgIpc) is 3.53. The Bertz CT molecular complexity index is 1400. The fourth-order valence-corrected chi connectivity index (χ4v) is 4.40. The maximum Gasteiger partial charge on any atom is 0.230 e. The summed E-state index contributed by atoms with van der Waals surface area (Å²) in [7, 11) is 0. The highest BCUT2D eigenvalue weighted by Gasteiger charge is 2.24. The number of rotatable bonds is 6. The van der Waals surface area contributed by atoms with Crippen LogP contribution in [0.4, 0.5) is 23.4 Å². The molecule has 0 spiro atoms. The SMILES string of the molecule is CC(C)Oc1cccc(Nc2nccc(N3CCCn4nc(C#CC(C)(O)c5nccs5)cc43)n2)n1. The molecule has 4 aromatic heterocycles. The van der Waals surface area contributed by atoms with E-state index in [2.05, 4.69) is 42.1 Å². The summed E-state index contributed by atoms with van der Waals surface area (Å²) in [6.07, 6.45) is 4.30. The van der Waals surface area contributed by atoms with Crippen molar-refractivity contribution in [3.63, 3.8) is 0 Å². The number of anilines is 4. The van der Waals surface area contributed by atoms with E-state index in [9.17, 15) is 5.11 Å². The van der Waals surface area contributed by atoms with Gasteiger partial charge in [-0.25, -0.2) is 14.6 Å². The summed E-state index contributed by atoms with van der Waals surface area (Å²) in [5.41, 5.74) is -0.760. The van der Waals surface area contributed by atoms with E-state index >= 15 is 0 Å². The minimum Gasteiger partial charge on any atom is -0.475 e. The first-order valence-corrected chi connectivity index (χ1v) is 12.5. The Morgan fingerprint density at radius 2 is 2.06 bits per heavy atom. The normalized spacial score (nSPS) is 14.5. The van der Waals surface area contributed by atoms with Crippen LogP contribution in [0.2, 0.25) is 0 Å². The Balaban J connectivity index is 1.37. The van der Waals surface area contributed by atoms with Crippen molar-refractivity contribution in [1.29, 1.82) is 0 Å². The molecule has 2 N–H and O–H groups in total. The molecule has 4 aromatic rings. The van der Waals surface area contributed by atoms with Crippen LogP contribution in [-0.4, -0.2) is 47.5 Å². The maximum atomic E-state index is 10.7. The summed E-state index contributed by atoms with van der Waals surface area (Å²) in [5, 5.41) is 20.8. The van der Waals surface area contributed by atoms with Gasteiger partial charge in [0.1, 0.15) is 28.2 Å². The Labute approximate surface area is 213 Å². The van der Waals surface area contributed by atoms with Gasteiger partial charge in [0.15, 0.2) is 5.60 Å². The molecule has 1 unspecified atom stereocenters. The van der Waals surface area contributed by atoms with Crippen LogP contribution < -0.4 is 15.0 Å². The van der Waals surface area contributed by atoms with Crippen LogP contribution in [0.25, 0.3) is 0 Å². The molecule has 1 atom stereocenters. The van der Waals surface area contributed by atoms with Crippen molar-refractivity contribution in [3.8, 4) is 17.7 Å². The summed E-state index contributed by atoms with van der Waals surface area (Å²) in [6.45, 7) is 7.10. The lowest BCUT2D eigenvalue weighted by molar-refractivity contribution is 0.122. The quantitative estimate of drug-likeness (QED) is 0.379. The van der Waals surface area contributed by atoms with E-state index in [1.807, 2.05) is 54.2 Å². The number of nitrogens with one attached hydrogen (secondary N) is 1. The molecule has 0 saturated heterocycles. The number of aryl methyl sites for hydroxylation is 1. The van der Waals surface area contributed by atoms with Gasteiger partial charge in [-0.1, -0.05) is 12.0 Å². The van der Waals surface area contributed by atoms with E-state index in [-0.39, 0.29) is 6.10 Å². The number of fused-ring (bicyclic) bond motifs is 1. The van der Waals surface area contributed by atoms with Gasteiger partial charge in [0.05, 0.1) is 6.10 Å². The maximum absolute atomic E-state index is 10.7. The third-order valence-electron chi connectivity index (χ3n) is 5.31. The highest BCUT2D eigenvalue weighted by molar-refractivity contribution is 7.09. The highest BCUT2D eigenvalue weighted by Crippen LogP contribution is 2.29. The summed E-state index contributed by atoms with van der Waals surface area (Å²) >= 11 is 1.37. The molecule has 0 saturated carbocycles. The number of thiazole rings is 1. The van der Waals surface area contributed by atoms with Crippen molar-refractivity contribution in [2.45, 2.75) is 45.4 Å². The van der Waals surface area contributed by atoms with Gasteiger partial charge in [-0.15, -0.1) is 11.3 Å². The molecule has 1 aliphatic rings. The second kappa shape index (κ2) is 9.93. The minimum atomic E-state index is -1.34. The van der Waals surface area contributed by atoms with E-state index in [1.165, 1.54) is 11.3 Å². The third kappa shape index (κ3) is 5.30. The van der Waals surface area contributed by atoms with Crippen LogP contribution in [-0.2, 0) is 12.1 Å². The first-order valence-electron chi connectivity index (χ1n) is 11.6. The van der Waals surface area contributed by atoms with Crippen molar-refractivity contribution in [3.05, 3.63) is 58.8 Å². The number of pyridine rings is 1. The summed E-state index contributed by atoms with van der Waals surface area (Å²) in [4.78, 5) is 19.8. The van der Waals surface area contributed by atoms with E-state index < -0.39 is 5.60 Å². The molecule has 0 aromatic carbocycles. The Morgan fingerprint density at radius 3 is 2.86 bits per heavy atom. The summed E-state index contributed by atoms with van der Waals surface area (Å²) < 4.78 is 7.59. The molecule has 11 heteroatoms. The lowest BCUT2D eigenvalue weighted by Crippen LogP contribution is -2.28. The lowest BCUT2D eigenvalue weighted by atomic mass is 10.1. The Hall–Kier alpha value is -4.01. The molecule has 0 radical (unpaired) electrons. The fourth-order valence-electron chi connectivity index (χ4n) is 3.74. The zero-order valence-corrected chi connectivity index (χ0v) is 21.0. The number of ether oxygens (including phenoxy) is 1. The molecule has 1 aliphatic heterocycles. The minimum absolute atomic E-state index is 0.0318. The van der Waals surface area contributed by atoms with Crippen molar-refractivity contribution >= 4 is 34.7 Å². The van der Waals surface area contributed by atoms with Gasteiger partial charge >= 0.3 is 0 Å². The van der Waals surface area contributed by atoms with Crippen LogP contribution in [0.1, 0.15) is 37.9 Å². The zero-order chi connectivity index (χ0) is 25.1. The number of aromatic nitrogens is 6. The van der Waals surface area contributed by atoms with E-state index in [0.717, 1.165) is 31.1 Å². The first-order chi connectivity index (χ1) is 17.4. The predicted octanol–water partition coefficient (Wildman–Crippen LogP) is 3.86. The first kappa shape index (κ1) is 23.7. The van der Waals surface area contributed by atoms with E-state index in [4.69, 9.17) is 9.72 Å². The topological polar surface area (TPSA) is 114 Å². The van der Waals surface area contributed by atoms with Gasteiger partial charge in [0, 0.05) is 43.0 Å². The smallest absolute Gasteiger partial charge is 0.230 e. The van der Waals surface area contributed by atoms with Crippen LogP contribution in [0.15, 0.2) is 48.1 Å². The van der Waals surface area contributed by atoms with Crippen molar-refractivity contribution in [1.82, 2.24) is 29.7 Å². The van der Waals surface area contributed by atoms with E-state index in [0.29, 0.717) is 28.3 Å². The Morgan fingerprint density at radius 1 is 1.17 bits per heavy atom. The van der Waals surface area contributed by atoms with Crippen LogP contribution in [0.3, 0.4) is 0 Å². The van der Waals surface area contributed by atoms with Gasteiger partial charge in [-0.2, -0.15) is 15.1 Å². The lowest BCUT2D eigenvalue weighted by Gasteiger charge is -2.28. The molecule has 0 amide bonds. The average molecular weight is 503 g/mol. The fraction of sp³-hybridized carbons (Fsp3) is 0.320. The number of aliphatic hydroxyl groups is 1. The third-order valence-corrected chi connectivity index (χ3v) is 6.29. The monoisotopic (exact) mass is 502 g/mol. The molecule has 5 rings (SSSR count). The summed E-state index contributed by atoms with van der Waals surface area (Å²) in [6, 6.07) is 9.29. The van der Waals surface area contributed by atoms with Crippen LogP contribution in [0.5, 0.6) is 5.88 Å². The van der Waals surface area contributed by atoms with Crippen LogP contribution in [0, 0.1) is 11.8 Å². The van der Waals surface area contributed by atoms with E-state index in [1.54, 1.807) is 19.3 Å². The number of hydrogen-bond acceptors (Lipinski definition) is 10. The molecule has 36 heavy (non-hydrogen) atoms. The molecular formula is C25H26N8O2S. The zero-order valence-electron chi connectivity index (χ0n) is 20.2. The summed E-state index contributed by atoms with van der Waals surface area (Å²) in [5.74, 6) is 9.09. The largest absolute Gasteiger partial charge is 0.475 e. The molecular weight excluding hydrogens is 476 g/mol. The van der Waals surface area contributed by atoms with Gasteiger partial charge in [0.2, 0.25) is 11.8 Å². The van der Waals surface area contributed by atoms with Gasteiger partial charge < -0.3 is 20.1 Å². The predicted molar refractivity (Wildman–Crippen MR) is 138 cm³/mol. The molecule has 0 aliphatic carbocycles. The number of hydrogen-bond donors (Lipinski definition) is 2. The van der Waals surface area contributed by atoms with Crippen molar-refractivity contribution < 1.29 is 9.84 Å². The van der Waals surface area contributed by atoms with Crippen LogP contribution >= 0.6 is 11.3 Å². The van der Waals surface area contributed by atoms with Gasteiger partial charge in [0.25, 0.3) is 0 Å².